The van der Waals surface area contributed by atoms with Crippen molar-refractivity contribution in [1.29, 1.82) is 0 Å². The van der Waals surface area contributed by atoms with Crippen LogP contribution in [0.5, 0.6) is 0 Å². The van der Waals surface area contributed by atoms with Crippen LogP contribution in [0.25, 0.3) is 0 Å². The van der Waals surface area contributed by atoms with Crippen LogP contribution in [0, 0.1) is 0 Å². The van der Waals surface area contributed by atoms with Gasteiger partial charge >= 0.3 is 0 Å². The highest BCUT2D eigenvalue weighted by Crippen LogP contribution is 2.13. The lowest BCUT2D eigenvalue weighted by Gasteiger charge is -2.13. The summed E-state index contributed by atoms with van der Waals surface area (Å²) in [5.74, 6) is 0.333. The highest BCUT2D eigenvalue weighted by atomic mass is 16.1. The topological polar surface area (TPSA) is 55.1 Å². The molecule has 1 unspecified atom stereocenters. The summed E-state index contributed by atoms with van der Waals surface area (Å²) in [4.78, 5) is 11.9. The van der Waals surface area contributed by atoms with Gasteiger partial charge in [-0.15, -0.1) is 0 Å². The van der Waals surface area contributed by atoms with E-state index in [1.807, 2.05) is 42.5 Å². The van der Waals surface area contributed by atoms with E-state index in [2.05, 4.69) is 24.4 Å². The molecule has 0 spiro atoms. The largest absolute Gasteiger partial charge is 0.399 e. The highest BCUT2D eigenvalue weighted by molar-refractivity contribution is 5.78. The van der Waals surface area contributed by atoms with Crippen molar-refractivity contribution in [1.82, 2.24) is 5.32 Å². The molecule has 104 valence electrons. The quantitative estimate of drug-likeness (QED) is 0.819. The average Bonchev–Trinajstić information content (AvgIpc) is 2.46. The molecule has 0 aliphatic heterocycles. The van der Waals surface area contributed by atoms with E-state index in [9.17, 15) is 4.79 Å². The molecule has 1 atom stereocenters. The molecule has 0 saturated carbocycles. The van der Waals surface area contributed by atoms with Crippen molar-refractivity contribution in [3.63, 3.8) is 0 Å². The fourth-order valence-corrected chi connectivity index (χ4v) is 2.12. The minimum absolute atomic E-state index is 0.0263. The number of hydrogen-bond acceptors (Lipinski definition) is 2. The van der Waals surface area contributed by atoms with E-state index in [1.165, 1.54) is 5.56 Å². The predicted molar refractivity (Wildman–Crippen MR) is 82.4 cm³/mol. The zero-order valence-electron chi connectivity index (χ0n) is 11.7. The van der Waals surface area contributed by atoms with Crippen molar-refractivity contribution in [2.75, 3.05) is 12.3 Å². The van der Waals surface area contributed by atoms with Gasteiger partial charge in [-0.3, -0.25) is 4.79 Å². The third kappa shape index (κ3) is 4.12. The normalized spacial score (nSPS) is 11.8. The fraction of sp³-hybridized carbons (Fsp3) is 0.235. The summed E-state index contributed by atoms with van der Waals surface area (Å²) in [6, 6.07) is 17.6. The zero-order chi connectivity index (χ0) is 14.4. The molecule has 2 rings (SSSR count). The Morgan fingerprint density at radius 1 is 1.15 bits per heavy atom. The average molecular weight is 268 g/mol. The van der Waals surface area contributed by atoms with Crippen LogP contribution in [0.3, 0.4) is 0 Å². The second-order valence-electron chi connectivity index (χ2n) is 5.04. The monoisotopic (exact) mass is 268 g/mol. The van der Waals surface area contributed by atoms with Gasteiger partial charge in [0.15, 0.2) is 0 Å². The Morgan fingerprint density at radius 3 is 2.60 bits per heavy atom. The number of anilines is 1. The summed E-state index contributed by atoms with van der Waals surface area (Å²) >= 11 is 0. The van der Waals surface area contributed by atoms with Crippen LogP contribution in [0.15, 0.2) is 54.6 Å². The number of rotatable bonds is 5. The van der Waals surface area contributed by atoms with E-state index in [4.69, 9.17) is 5.73 Å². The SMILES string of the molecule is CC(CNC(=O)Cc1cccc(N)c1)c1ccccc1. The molecule has 0 aliphatic rings. The molecule has 3 N–H and O–H groups in total. The molecular formula is C17H20N2O. The van der Waals surface area contributed by atoms with E-state index in [1.54, 1.807) is 0 Å². The summed E-state index contributed by atoms with van der Waals surface area (Å²) in [6.45, 7) is 2.75. The Kier molecular flexibility index (Phi) is 4.77. The van der Waals surface area contributed by atoms with Crippen molar-refractivity contribution in [3.8, 4) is 0 Å². The van der Waals surface area contributed by atoms with E-state index >= 15 is 0 Å². The highest BCUT2D eigenvalue weighted by Gasteiger charge is 2.08. The van der Waals surface area contributed by atoms with Crippen molar-refractivity contribution in [2.45, 2.75) is 19.3 Å². The molecule has 0 saturated heterocycles. The molecule has 0 bridgehead atoms. The van der Waals surface area contributed by atoms with Gasteiger partial charge in [0.05, 0.1) is 6.42 Å². The minimum Gasteiger partial charge on any atom is -0.399 e. The molecule has 0 aromatic heterocycles. The molecular weight excluding hydrogens is 248 g/mol. The summed E-state index contributed by atoms with van der Waals surface area (Å²) < 4.78 is 0. The van der Waals surface area contributed by atoms with Crippen LogP contribution < -0.4 is 11.1 Å². The van der Waals surface area contributed by atoms with Crippen molar-refractivity contribution in [3.05, 3.63) is 65.7 Å². The third-order valence-electron chi connectivity index (χ3n) is 3.29. The smallest absolute Gasteiger partial charge is 0.224 e. The first-order valence-electron chi connectivity index (χ1n) is 6.81. The van der Waals surface area contributed by atoms with E-state index in [0.29, 0.717) is 24.6 Å². The van der Waals surface area contributed by atoms with Crippen LogP contribution in [0.1, 0.15) is 24.0 Å². The van der Waals surface area contributed by atoms with Gasteiger partial charge in [0, 0.05) is 12.2 Å². The molecule has 0 fully saturated rings. The van der Waals surface area contributed by atoms with Gasteiger partial charge in [0.25, 0.3) is 0 Å². The van der Waals surface area contributed by atoms with Crippen LogP contribution in [-0.4, -0.2) is 12.5 Å². The van der Waals surface area contributed by atoms with Gasteiger partial charge in [0.1, 0.15) is 0 Å². The maximum absolute atomic E-state index is 11.9. The first-order valence-corrected chi connectivity index (χ1v) is 6.81. The Bertz CT molecular complexity index is 566. The van der Waals surface area contributed by atoms with Crippen LogP contribution in [0.4, 0.5) is 5.69 Å². The Hall–Kier alpha value is -2.29. The molecule has 2 aromatic rings. The lowest BCUT2D eigenvalue weighted by atomic mass is 10.0. The number of amides is 1. The van der Waals surface area contributed by atoms with Crippen molar-refractivity contribution in [2.24, 2.45) is 0 Å². The Balaban J connectivity index is 1.83. The summed E-state index contributed by atoms with van der Waals surface area (Å²) in [7, 11) is 0. The molecule has 3 nitrogen and oxygen atoms in total. The van der Waals surface area contributed by atoms with E-state index in [-0.39, 0.29) is 5.91 Å². The van der Waals surface area contributed by atoms with Gasteiger partial charge in [-0.05, 0) is 29.2 Å². The minimum atomic E-state index is 0.0263. The second-order valence-corrected chi connectivity index (χ2v) is 5.04. The number of carbonyl (C=O) groups is 1. The fourth-order valence-electron chi connectivity index (χ4n) is 2.12. The van der Waals surface area contributed by atoms with E-state index < -0.39 is 0 Å². The van der Waals surface area contributed by atoms with Crippen LogP contribution >= 0.6 is 0 Å². The number of nitrogens with one attached hydrogen (secondary N) is 1. The zero-order valence-corrected chi connectivity index (χ0v) is 11.7. The van der Waals surface area contributed by atoms with Gasteiger partial charge in [0.2, 0.25) is 5.91 Å². The molecule has 0 radical (unpaired) electrons. The maximum atomic E-state index is 11.9. The molecule has 2 aromatic carbocycles. The number of benzene rings is 2. The van der Waals surface area contributed by atoms with Gasteiger partial charge in [-0.1, -0.05) is 49.4 Å². The Labute approximate surface area is 119 Å². The number of hydrogen-bond donors (Lipinski definition) is 2. The predicted octanol–water partition coefficient (Wildman–Crippen LogP) is 2.73. The summed E-state index contributed by atoms with van der Waals surface area (Å²) in [5, 5.41) is 2.97. The molecule has 1 amide bonds. The number of nitrogens with two attached hydrogens (primary N) is 1. The maximum Gasteiger partial charge on any atom is 0.224 e. The molecule has 20 heavy (non-hydrogen) atoms. The summed E-state index contributed by atoms with van der Waals surface area (Å²) in [6.07, 6.45) is 0.368. The third-order valence-corrected chi connectivity index (χ3v) is 3.29. The standard InChI is InChI=1S/C17H20N2O/c1-13(15-7-3-2-4-8-15)12-19-17(20)11-14-6-5-9-16(18)10-14/h2-10,13H,11-12,18H2,1H3,(H,19,20). The van der Waals surface area contributed by atoms with Gasteiger partial charge in [-0.25, -0.2) is 0 Å². The Morgan fingerprint density at radius 2 is 1.90 bits per heavy atom. The molecule has 0 aliphatic carbocycles. The second kappa shape index (κ2) is 6.75. The lowest BCUT2D eigenvalue weighted by molar-refractivity contribution is -0.120. The van der Waals surface area contributed by atoms with Crippen molar-refractivity contribution >= 4 is 11.6 Å². The van der Waals surface area contributed by atoms with Crippen LogP contribution in [-0.2, 0) is 11.2 Å². The lowest BCUT2D eigenvalue weighted by Crippen LogP contribution is -2.28. The van der Waals surface area contributed by atoms with Crippen LogP contribution in [0.2, 0.25) is 0 Å². The number of carbonyl (C=O) groups excluding carboxylic acids is 1. The molecule has 3 heteroatoms. The molecule has 0 heterocycles. The first kappa shape index (κ1) is 14.1. The number of nitrogen functional groups attached to an aromatic ring is 1. The van der Waals surface area contributed by atoms with E-state index in [0.717, 1.165) is 5.56 Å². The first-order chi connectivity index (χ1) is 9.65. The summed E-state index contributed by atoms with van der Waals surface area (Å²) in [5.41, 5.74) is 8.56. The van der Waals surface area contributed by atoms with Crippen molar-refractivity contribution < 1.29 is 4.79 Å². The van der Waals surface area contributed by atoms with Gasteiger partial charge < -0.3 is 11.1 Å². The van der Waals surface area contributed by atoms with Gasteiger partial charge in [-0.2, -0.15) is 0 Å².